The van der Waals surface area contributed by atoms with Crippen LogP contribution < -0.4 is 16.0 Å². The van der Waals surface area contributed by atoms with Crippen LogP contribution in [0.25, 0.3) is 0 Å². The van der Waals surface area contributed by atoms with E-state index in [9.17, 15) is 23.6 Å². The first-order chi connectivity index (χ1) is 18.3. The third kappa shape index (κ3) is 11.1. The molecule has 11 heteroatoms. The monoisotopic (exact) mass is 566 g/mol. The van der Waals surface area contributed by atoms with Gasteiger partial charge in [0.1, 0.15) is 23.5 Å². The summed E-state index contributed by atoms with van der Waals surface area (Å²) in [6.07, 6.45) is 2.70. The number of amides is 4. The van der Waals surface area contributed by atoms with Crippen molar-refractivity contribution in [2.75, 3.05) is 25.1 Å². The SMILES string of the molecule is CSCC[C@H](NC(=O)OC(C)(C)C)C(=O)N1CCC(C(=O)N[C@H](C(=O)NCc2ccc(F)cc2)C(C)C)CC1. The van der Waals surface area contributed by atoms with Gasteiger partial charge in [0.05, 0.1) is 0 Å². The predicted octanol–water partition coefficient (Wildman–Crippen LogP) is 3.47. The summed E-state index contributed by atoms with van der Waals surface area (Å²) in [6.45, 7) is 10.00. The highest BCUT2D eigenvalue weighted by Crippen LogP contribution is 2.20. The molecule has 1 heterocycles. The Labute approximate surface area is 235 Å². The Hall–Kier alpha value is -2.82. The smallest absolute Gasteiger partial charge is 0.408 e. The van der Waals surface area contributed by atoms with E-state index < -0.39 is 23.8 Å². The van der Waals surface area contributed by atoms with Crippen LogP contribution in [-0.4, -0.2) is 71.5 Å². The number of rotatable bonds is 11. The first-order valence-corrected chi connectivity index (χ1v) is 14.8. The molecule has 39 heavy (non-hydrogen) atoms. The first-order valence-electron chi connectivity index (χ1n) is 13.4. The summed E-state index contributed by atoms with van der Waals surface area (Å²) in [5, 5.41) is 8.41. The van der Waals surface area contributed by atoms with E-state index in [1.54, 1.807) is 49.6 Å². The van der Waals surface area contributed by atoms with E-state index in [1.807, 2.05) is 20.1 Å². The highest BCUT2D eigenvalue weighted by Gasteiger charge is 2.34. The third-order valence-electron chi connectivity index (χ3n) is 6.40. The molecule has 0 spiro atoms. The fraction of sp³-hybridized carbons (Fsp3) is 0.643. The number of hydrogen-bond donors (Lipinski definition) is 3. The molecule has 0 aliphatic carbocycles. The number of thioether (sulfide) groups is 1. The van der Waals surface area contributed by atoms with Crippen molar-refractivity contribution in [1.82, 2.24) is 20.9 Å². The van der Waals surface area contributed by atoms with Crippen LogP contribution in [0.1, 0.15) is 59.4 Å². The maximum Gasteiger partial charge on any atom is 0.408 e. The molecule has 1 aromatic carbocycles. The van der Waals surface area contributed by atoms with Crippen molar-refractivity contribution >= 4 is 35.6 Å². The van der Waals surface area contributed by atoms with E-state index >= 15 is 0 Å². The van der Waals surface area contributed by atoms with Crippen molar-refractivity contribution in [2.24, 2.45) is 11.8 Å². The Balaban J connectivity index is 1.91. The molecule has 0 unspecified atom stereocenters. The lowest BCUT2D eigenvalue weighted by molar-refractivity contribution is -0.138. The largest absolute Gasteiger partial charge is 0.444 e. The van der Waals surface area contributed by atoms with Crippen LogP contribution in [0.4, 0.5) is 9.18 Å². The second-order valence-corrected chi connectivity index (χ2v) is 12.1. The summed E-state index contributed by atoms with van der Waals surface area (Å²) < 4.78 is 18.5. The lowest BCUT2D eigenvalue weighted by atomic mass is 9.94. The quantitative estimate of drug-likeness (QED) is 0.378. The minimum atomic E-state index is -0.716. The maximum atomic E-state index is 13.2. The molecule has 1 aliphatic heterocycles. The molecule has 1 fully saturated rings. The van der Waals surface area contributed by atoms with Crippen molar-refractivity contribution in [3.63, 3.8) is 0 Å². The zero-order chi connectivity index (χ0) is 29.2. The van der Waals surface area contributed by atoms with Crippen molar-refractivity contribution < 1.29 is 28.3 Å². The van der Waals surface area contributed by atoms with Gasteiger partial charge in [0, 0.05) is 25.6 Å². The molecule has 218 valence electrons. The molecular weight excluding hydrogens is 523 g/mol. The standard InChI is InChI=1S/C28H43FN4O5S/c1-18(2)23(25(35)30-17-19-7-9-21(29)10-8-19)32-24(34)20-11-14-33(15-12-20)26(36)22(13-16-39-6)31-27(37)38-28(3,4)5/h7-10,18,20,22-23H,11-17H2,1-6H3,(H,30,35)(H,31,37)(H,32,34)/t22-,23-/m0/s1. The number of piperidine rings is 1. The highest BCUT2D eigenvalue weighted by atomic mass is 32.2. The minimum Gasteiger partial charge on any atom is -0.444 e. The summed E-state index contributed by atoms with van der Waals surface area (Å²) in [5.41, 5.74) is 0.0850. The summed E-state index contributed by atoms with van der Waals surface area (Å²) in [7, 11) is 0. The summed E-state index contributed by atoms with van der Waals surface area (Å²) in [5.74, 6) is -0.827. The van der Waals surface area contributed by atoms with Crippen LogP contribution in [0.3, 0.4) is 0 Å². The van der Waals surface area contributed by atoms with Gasteiger partial charge in [-0.05, 0) is 75.7 Å². The normalized spacial score (nSPS) is 15.8. The van der Waals surface area contributed by atoms with Crippen LogP contribution in [-0.2, 0) is 25.7 Å². The van der Waals surface area contributed by atoms with E-state index in [0.29, 0.717) is 38.1 Å². The number of carbonyl (C=O) groups excluding carboxylic acids is 4. The number of carbonyl (C=O) groups is 4. The average molecular weight is 567 g/mol. The summed E-state index contributed by atoms with van der Waals surface area (Å²) in [6, 6.07) is 4.45. The van der Waals surface area contributed by atoms with Gasteiger partial charge < -0.3 is 25.6 Å². The molecule has 0 radical (unpaired) electrons. The molecule has 2 atom stereocenters. The third-order valence-corrected chi connectivity index (χ3v) is 7.05. The molecule has 0 aromatic heterocycles. The average Bonchev–Trinajstić information content (AvgIpc) is 2.87. The zero-order valence-electron chi connectivity index (χ0n) is 23.8. The van der Waals surface area contributed by atoms with Gasteiger partial charge >= 0.3 is 6.09 Å². The van der Waals surface area contributed by atoms with Gasteiger partial charge in [-0.1, -0.05) is 26.0 Å². The van der Waals surface area contributed by atoms with E-state index in [4.69, 9.17) is 4.74 Å². The lowest BCUT2D eigenvalue weighted by Gasteiger charge is -2.34. The van der Waals surface area contributed by atoms with Crippen LogP contribution in [0, 0.1) is 17.7 Å². The molecular formula is C28H43FN4O5S. The highest BCUT2D eigenvalue weighted by molar-refractivity contribution is 7.98. The minimum absolute atomic E-state index is 0.139. The number of halogens is 1. The fourth-order valence-electron chi connectivity index (χ4n) is 4.23. The number of likely N-dealkylation sites (tertiary alicyclic amines) is 1. The second-order valence-electron chi connectivity index (χ2n) is 11.2. The number of ether oxygens (including phenoxy) is 1. The van der Waals surface area contributed by atoms with Crippen LogP contribution >= 0.6 is 11.8 Å². The summed E-state index contributed by atoms with van der Waals surface area (Å²) >= 11 is 1.59. The zero-order valence-corrected chi connectivity index (χ0v) is 24.7. The van der Waals surface area contributed by atoms with Gasteiger partial charge in [0.25, 0.3) is 0 Å². The summed E-state index contributed by atoms with van der Waals surface area (Å²) in [4.78, 5) is 53.1. The van der Waals surface area contributed by atoms with Gasteiger partial charge in [-0.3, -0.25) is 14.4 Å². The van der Waals surface area contributed by atoms with Crippen molar-refractivity contribution in [3.8, 4) is 0 Å². The Morgan fingerprint density at radius 3 is 2.23 bits per heavy atom. The number of benzene rings is 1. The Morgan fingerprint density at radius 1 is 1.08 bits per heavy atom. The first kappa shape index (κ1) is 32.4. The van der Waals surface area contributed by atoms with E-state index in [2.05, 4.69) is 16.0 Å². The van der Waals surface area contributed by atoms with Crippen molar-refractivity contribution in [3.05, 3.63) is 35.6 Å². The Kier molecular flexibility index (Phi) is 12.5. The van der Waals surface area contributed by atoms with Gasteiger partial charge in [-0.25, -0.2) is 9.18 Å². The molecule has 1 saturated heterocycles. The molecule has 2 rings (SSSR count). The number of nitrogens with zero attached hydrogens (tertiary/aromatic N) is 1. The van der Waals surface area contributed by atoms with E-state index in [-0.39, 0.29) is 41.9 Å². The molecule has 4 amide bonds. The van der Waals surface area contributed by atoms with Crippen LogP contribution in [0.2, 0.25) is 0 Å². The predicted molar refractivity (Wildman–Crippen MR) is 150 cm³/mol. The lowest BCUT2D eigenvalue weighted by Crippen LogP contribution is -2.54. The van der Waals surface area contributed by atoms with Gasteiger partial charge in [0.2, 0.25) is 17.7 Å². The van der Waals surface area contributed by atoms with Crippen molar-refractivity contribution in [1.29, 1.82) is 0 Å². The molecule has 3 N–H and O–H groups in total. The molecule has 0 saturated carbocycles. The molecule has 9 nitrogen and oxygen atoms in total. The maximum absolute atomic E-state index is 13.2. The van der Waals surface area contributed by atoms with Crippen LogP contribution in [0.5, 0.6) is 0 Å². The van der Waals surface area contributed by atoms with Gasteiger partial charge in [-0.2, -0.15) is 11.8 Å². The Bertz CT molecular complexity index is 975. The molecule has 1 aromatic rings. The van der Waals surface area contributed by atoms with E-state index in [1.165, 1.54) is 12.1 Å². The van der Waals surface area contributed by atoms with E-state index in [0.717, 1.165) is 5.56 Å². The van der Waals surface area contributed by atoms with Crippen molar-refractivity contribution in [2.45, 2.75) is 78.1 Å². The second kappa shape index (κ2) is 15.1. The number of hydrogen-bond acceptors (Lipinski definition) is 6. The van der Waals surface area contributed by atoms with Crippen LogP contribution in [0.15, 0.2) is 24.3 Å². The molecule has 1 aliphatic rings. The number of nitrogens with one attached hydrogen (secondary N) is 3. The Morgan fingerprint density at radius 2 is 1.69 bits per heavy atom. The van der Waals surface area contributed by atoms with Gasteiger partial charge in [0.15, 0.2) is 0 Å². The topological polar surface area (TPSA) is 117 Å². The molecule has 0 bridgehead atoms. The number of alkyl carbamates (subject to hydrolysis) is 1. The fourth-order valence-corrected chi connectivity index (χ4v) is 4.70. The van der Waals surface area contributed by atoms with Gasteiger partial charge in [-0.15, -0.1) is 0 Å².